The van der Waals surface area contributed by atoms with Crippen molar-refractivity contribution in [1.82, 2.24) is 4.98 Å². The van der Waals surface area contributed by atoms with Gasteiger partial charge in [-0.3, -0.25) is 9.59 Å². The summed E-state index contributed by atoms with van der Waals surface area (Å²) >= 11 is 0. The van der Waals surface area contributed by atoms with Crippen molar-refractivity contribution in [3.8, 4) is 17.0 Å². The topological polar surface area (TPSA) is 94.4 Å². The molecule has 4 aromatic rings. The first kappa shape index (κ1) is 21.2. The molecule has 1 amide bonds. The molecular formula is C26H24N2O4. The van der Waals surface area contributed by atoms with Crippen molar-refractivity contribution in [2.24, 2.45) is 5.73 Å². The summed E-state index contributed by atoms with van der Waals surface area (Å²) in [6.07, 6.45) is 0.770. The third-order valence-electron chi connectivity index (χ3n) is 5.38. The zero-order valence-electron chi connectivity index (χ0n) is 17.8. The molecule has 32 heavy (non-hydrogen) atoms. The average Bonchev–Trinajstić information content (AvgIpc) is 3.20. The molecule has 3 N–H and O–H groups in total. The zero-order chi connectivity index (χ0) is 22.5. The maximum Gasteiger partial charge on any atom is 0.306 e. The van der Waals surface area contributed by atoms with Crippen LogP contribution in [0.3, 0.4) is 0 Å². The highest BCUT2D eigenvalue weighted by Gasteiger charge is 2.15. The van der Waals surface area contributed by atoms with Crippen molar-refractivity contribution in [3.63, 3.8) is 0 Å². The van der Waals surface area contributed by atoms with Crippen LogP contribution < -0.4 is 10.5 Å². The number of hydrogen-bond donors (Lipinski definition) is 2. The minimum absolute atomic E-state index is 0.0964. The van der Waals surface area contributed by atoms with Crippen LogP contribution in [0.25, 0.3) is 22.2 Å². The Kier molecular flexibility index (Phi) is 6.22. The van der Waals surface area contributed by atoms with E-state index in [1.54, 1.807) is 31.4 Å². The monoisotopic (exact) mass is 428 g/mol. The lowest BCUT2D eigenvalue weighted by Gasteiger charge is -2.08. The van der Waals surface area contributed by atoms with E-state index < -0.39 is 5.91 Å². The van der Waals surface area contributed by atoms with Crippen LogP contribution in [-0.2, 0) is 22.6 Å². The van der Waals surface area contributed by atoms with Crippen molar-refractivity contribution < 1.29 is 19.1 Å². The molecule has 0 saturated heterocycles. The Bertz CT molecular complexity index is 1260. The van der Waals surface area contributed by atoms with Crippen LogP contribution in [0, 0.1) is 0 Å². The number of rotatable bonds is 8. The van der Waals surface area contributed by atoms with Gasteiger partial charge in [-0.1, -0.05) is 30.3 Å². The quantitative estimate of drug-likeness (QED) is 0.401. The molecule has 3 aromatic carbocycles. The summed E-state index contributed by atoms with van der Waals surface area (Å²) in [5.41, 5.74) is 10.5. The fourth-order valence-electron chi connectivity index (χ4n) is 3.74. The molecule has 0 bridgehead atoms. The normalized spacial score (nSPS) is 10.8. The SMILES string of the molecule is COc1ccc(-c2[nH]c3ccccc3c2CCC(=O)OCc2cccc(C(N)=O)c2)cc1. The van der Waals surface area contributed by atoms with E-state index in [4.69, 9.17) is 15.2 Å². The van der Waals surface area contributed by atoms with Gasteiger partial charge in [0, 0.05) is 28.6 Å². The van der Waals surface area contributed by atoms with Gasteiger partial charge in [0.2, 0.25) is 5.91 Å². The standard InChI is InChI=1S/C26H24N2O4/c1-31-20-11-9-18(10-12-20)25-22(21-7-2-3-8-23(21)28-25)13-14-24(29)32-16-17-5-4-6-19(15-17)26(27)30/h2-12,15,28H,13-14,16H2,1H3,(H2,27,30). The molecule has 1 aromatic heterocycles. The maximum atomic E-state index is 12.5. The van der Waals surface area contributed by atoms with Crippen molar-refractivity contribution in [2.75, 3.05) is 7.11 Å². The van der Waals surface area contributed by atoms with Crippen LogP contribution in [0.15, 0.2) is 72.8 Å². The fraction of sp³-hybridized carbons (Fsp3) is 0.154. The summed E-state index contributed by atoms with van der Waals surface area (Å²) < 4.78 is 10.7. The Morgan fingerprint density at radius 1 is 0.969 bits per heavy atom. The highest BCUT2D eigenvalue weighted by molar-refractivity contribution is 5.93. The van der Waals surface area contributed by atoms with Crippen molar-refractivity contribution in [2.45, 2.75) is 19.4 Å². The molecule has 0 aliphatic carbocycles. The molecule has 4 rings (SSSR count). The Morgan fingerprint density at radius 3 is 2.50 bits per heavy atom. The Labute approximate surface area is 186 Å². The van der Waals surface area contributed by atoms with Gasteiger partial charge < -0.3 is 20.2 Å². The highest BCUT2D eigenvalue weighted by atomic mass is 16.5. The van der Waals surface area contributed by atoms with E-state index in [2.05, 4.69) is 11.1 Å². The molecular weight excluding hydrogens is 404 g/mol. The Hall–Kier alpha value is -4.06. The number of aromatic amines is 1. The summed E-state index contributed by atoms with van der Waals surface area (Å²) in [6, 6.07) is 22.6. The van der Waals surface area contributed by atoms with Crippen LogP contribution >= 0.6 is 0 Å². The van der Waals surface area contributed by atoms with Gasteiger partial charge >= 0.3 is 5.97 Å². The first-order valence-electron chi connectivity index (χ1n) is 10.3. The molecule has 0 radical (unpaired) electrons. The van der Waals surface area contributed by atoms with Gasteiger partial charge in [0.15, 0.2) is 0 Å². The van der Waals surface area contributed by atoms with E-state index in [-0.39, 0.29) is 19.0 Å². The molecule has 6 heteroatoms. The van der Waals surface area contributed by atoms with E-state index in [1.807, 2.05) is 42.5 Å². The van der Waals surface area contributed by atoms with Gasteiger partial charge in [0.05, 0.1) is 7.11 Å². The van der Waals surface area contributed by atoms with Gasteiger partial charge in [0.1, 0.15) is 12.4 Å². The first-order valence-corrected chi connectivity index (χ1v) is 10.3. The molecule has 162 valence electrons. The molecule has 0 spiro atoms. The zero-order valence-corrected chi connectivity index (χ0v) is 17.8. The molecule has 0 aliphatic heterocycles. The minimum atomic E-state index is -0.511. The summed E-state index contributed by atoms with van der Waals surface area (Å²) in [6.45, 7) is 0.0964. The third-order valence-corrected chi connectivity index (χ3v) is 5.38. The second-order valence-corrected chi connectivity index (χ2v) is 7.48. The number of esters is 1. The number of aromatic nitrogens is 1. The van der Waals surface area contributed by atoms with E-state index in [0.29, 0.717) is 12.0 Å². The van der Waals surface area contributed by atoms with Crippen molar-refractivity contribution >= 4 is 22.8 Å². The smallest absolute Gasteiger partial charge is 0.306 e. The molecule has 0 aliphatic rings. The Balaban J connectivity index is 1.49. The van der Waals surface area contributed by atoms with Crippen LogP contribution in [0.1, 0.15) is 27.9 Å². The van der Waals surface area contributed by atoms with Crippen molar-refractivity contribution in [3.05, 3.63) is 89.5 Å². The van der Waals surface area contributed by atoms with E-state index in [0.717, 1.165) is 39.0 Å². The lowest BCUT2D eigenvalue weighted by molar-refractivity contribution is -0.144. The number of primary amides is 1. The molecule has 6 nitrogen and oxygen atoms in total. The van der Waals surface area contributed by atoms with Gasteiger partial charge in [-0.05, 0) is 65.6 Å². The molecule has 0 saturated carbocycles. The number of methoxy groups -OCH3 is 1. The predicted molar refractivity (Wildman–Crippen MR) is 123 cm³/mol. The van der Waals surface area contributed by atoms with Gasteiger partial charge in [-0.25, -0.2) is 0 Å². The van der Waals surface area contributed by atoms with Crippen molar-refractivity contribution in [1.29, 1.82) is 0 Å². The molecule has 1 heterocycles. The number of hydrogen-bond acceptors (Lipinski definition) is 4. The number of nitrogens with one attached hydrogen (secondary N) is 1. The highest BCUT2D eigenvalue weighted by Crippen LogP contribution is 2.32. The number of ether oxygens (including phenoxy) is 2. The number of carbonyl (C=O) groups is 2. The number of carbonyl (C=O) groups excluding carboxylic acids is 2. The maximum absolute atomic E-state index is 12.5. The number of aryl methyl sites for hydroxylation is 1. The number of para-hydroxylation sites is 1. The number of fused-ring (bicyclic) bond motifs is 1. The second-order valence-electron chi connectivity index (χ2n) is 7.48. The number of nitrogens with two attached hydrogens (primary N) is 1. The second kappa shape index (κ2) is 9.39. The van der Waals surface area contributed by atoms with E-state index in [9.17, 15) is 9.59 Å². The third kappa shape index (κ3) is 4.64. The van der Waals surface area contributed by atoms with Crippen LogP contribution in [0.2, 0.25) is 0 Å². The average molecular weight is 428 g/mol. The Morgan fingerprint density at radius 2 is 1.75 bits per heavy atom. The number of benzene rings is 3. The van der Waals surface area contributed by atoms with E-state index >= 15 is 0 Å². The van der Waals surface area contributed by atoms with Gasteiger partial charge in [-0.15, -0.1) is 0 Å². The van der Waals surface area contributed by atoms with Gasteiger partial charge in [0.25, 0.3) is 0 Å². The lowest BCUT2D eigenvalue weighted by atomic mass is 10.0. The lowest BCUT2D eigenvalue weighted by Crippen LogP contribution is -2.11. The summed E-state index contributed by atoms with van der Waals surface area (Å²) in [4.78, 5) is 27.3. The fourth-order valence-corrected chi connectivity index (χ4v) is 3.74. The first-order chi connectivity index (χ1) is 15.5. The summed E-state index contributed by atoms with van der Waals surface area (Å²) in [5, 5.41) is 1.08. The van der Waals surface area contributed by atoms with Crippen LogP contribution in [0.5, 0.6) is 5.75 Å². The van der Waals surface area contributed by atoms with Crippen LogP contribution in [0.4, 0.5) is 0 Å². The molecule has 0 fully saturated rings. The van der Waals surface area contributed by atoms with E-state index in [1.165, 1.54) is 0 Å². The number of H-pyrrole nitrogens is 1. The summed E-state index contributed by atoms with van der Waals surface area (Å²) in [5.74, 6) is -0.0283. The molecule has 0 atom stereocenters. The van der Waals surface area contributed by atoms with Crippen LogP contribution in [-0.4, -0.2) is 24.0 Å². The largest absolute Gasteiger partial charge is 0.497 e. The van der Waals surface area contributed by atoms with Gasteiger partial charge in [-0.2, -0.15) is 0 Å². The predicted octanol–water partition coefficient (Wildman–Crippen LogP) is 4.62. The molecule has 0 unspecified atom stereocenters. The number of amides is 1. The minimum Gasteiger partial charge on any atom is -0.497 e. The summed E-state index contributed by atoms with van der Waals surface area (Å²) in [7, 11) is 1.64.